The molecule has 3 rings (SSSR count). The van der Waals surface area contributed by atoms with E-state index in [1.807, 2.05) is 13.8 Å². The van der Waals surface area contributed by atoms with E-state index in [0.29, 0.717) is 17.3 Å². The molecule has 0 aromatic heterocycles. The van der Waals surface area contributed by atoms with E-state index in [1.165, 1.54) is 23.1 Å². The van der Waals surface area contributed by atoms with E-state index in [1.54, 1.807) is 74.7 Å². The van der Waals surface area contributed by atoms with Crippen molar-refractivity contribution in [1.82, 2.24) is 10.2 Å². The summed E-state index contributed by atoms with van der Waals surface area (Å²) >= 11 is 6.19. The van der Waals surface area contributed by atoms with Crippen molar-refractivity contribution in [3.63, 3.8) is 0 Å². The molecule has 0 aliphatic rings. The van der Waals surface area contributed by atoms with Crippen molar-refractivity contribution >= 4 is 39.1 Å². The molecule has 8 nitrogen and oxygen atoms in total. The van der Waals surface area contributed by atoms with Crippen LogP contribution in [-0.2, 0) is 26.2 Å². The number of halogens is 1. The number of carbonyl (C=O) groups is 2. The van der Waals surface area contributed by atoms with Crippen molar-refractivity contribution in [1.29, 1.82) is 0 Å². The van der Waals surface area contributed by atoms with Gasteiger partial charge in [0.05, 0.1) is 17.7 Å². The van der Waals surface area contributed by atoms with Gasteiger partial charge in [-0.1, -0.05) is 61.8 Å². The fourth-order valence-corrected chi connectivity index (χ4v) is 5.45. The van der Waals surface area contributed by atoms with Crippen molar-refractivity contribution < 1.29 is 22.7 Å². The van der Waals surface area contributed by atoms with E-state index in [4.69, 9.17) is 16.3 Å². The number of benzene rings is 3. The molecule has 0 heterocycles. The Hall–Kier alpha value is -3.56. The van der Waals surface area contributed by atoms with Gasteiger partial charge in [0.25, 0.3) is 10.0 Å². The Morgan fingerprint density at radius 1 is 0.949 bits per heavy atom. The maximum Gasteiger partial charge on any atom is 0.264 e. The molecule has 1 atom stereocenters. The molecule has 0 unspecified atom stereocenters. The minimum Gasteiger partial charge on any atom is -0.497 e. The Kier molecular flexibility index (Phi) is 10.4. The van der Waals surface area contributed by atoms with Gasteiger partial charge in [-0.2, -0.15) is 0 Å². The summed E-state index contributed by atoms with van der Waals surface area (Å²) < 4.78 is 33.7. The van der Waals surface area contributed by atoms with Crippen molar-refractivity contribution in [2.45, 2.75) is 38.3 Å². The van der Waals surface area contributed by atoms with Gasteiger partial charge in [-0.15, -0.1) is 0 Å². The normalized spacial score (nSPS) is 12.1. The third-order valence-electron chi connectivity index (χ3n) is 6.07. The lowest BCUT2D eigenvalue weighted by atomic mass is 10.1. The van der Waals surface area contributed by atoms with Crippen LogP contribution in [-0.4, -0.2) is 51.4 Å². The standard InChI is InChI=1S/C29H34ClN3O5S/c1-21(2)18-31-29(35)22(3)32(19-23-13-15-26(38-4)16-14-23)28(34)20-33(25-10-8-9-24(30)17-25)39(36,37)27-11-6-5-7-12-27/h5-17,21-22H,18-20H2,1-4H3,(H,31,35)/t22-/m0/s1. The van der Waals surface area contributed by atoms with Crippen LogP contribution < -0.4 is 14.4 Å². The van der Waals surface area contributed by atoms with Crippen LogP contribution in [0.1, 0.15) is 26.3 Å². The van der Waals surface area contributed by atoms with E-state index in [-0.39, 0.29) is 29.0 Å². The zero-order chi connectivity index (χ0) is 28.6. The quantitative estimate of drug-likeness (QED) is 0.339. The Bertz CT molecular complexity index is 1370. The summed E-state index contributed by atoms with van der Waals surface area (Å²) in [5, 5.41) is 3.19. The molecule has 0 spiro atoms. The predicted octanol–water partition coefficient (Wildman–Crippen LogP) is 4.73. The van der Waals surface area contributed by atoms with Gasteiger partial charge in [0.15, 0.2) is 0 Å². The molecule has 0 aliphatic heterocycles. The lowest BCUT2D eigenvalue weighted by Gasteiger charge is -2.32. The van der Waals surface area contributed by atoms with Crippen LogP contribution in [0.2, 0.25) is 5.02 Å². The fourth-order valence-electron chi connectivity index (χ4n) is 3.84. The van der Waals surface area contributed by atoms with Crippen molar-refractivity contribution in [3.8, 4) is 5.75 Å². The third-order valence-corrected chi connectivity index (χ3v) is 8.09. The van der Waals surface area contributed by atoms with E-state index < -0.39 is 28.5 Å². The Labute approximate surface area is 235 Å². The number of carbonyl (C=O) groups excluding carboxylic acids is 2. The Balaban J connectivity index is 1.99. The lowest BCUT2D eigenvalue weighted by Crippen LogP contribution is -2.51. The van der Waals surface area contributed by atoms with Crippen LogP contribution in [0.5, 0.6) is 5.75 Å². The average Bonchev–Trinajstić information content (AvgIpc) is 2.93. The van der Waals surface area contributed by atoms with Gasteiger partial charge in [-0.05, 0) is 60.9 Å². The van der Waals surface area contributed by atoms with Crippen LogP contribution >= 0.6 is 11.6 Å². The Morgan fingerprint density at radius 3 is 2.21 bits per heavy atom. The summed E-state index contributed by atoms with van der Waals surface area (Å²) in [5.41, 5.74) is 0.994. The molecule has 3 aromatic rings. The number of ether oxygens (including phenoxy) is 1. The third kappa shape index (κ3) is 7.97. The van der Waals surface area contributed by atoms with Gasteiger partial charge in [0, 0.05) is 18.1 Å². The SMILES string of the molecule is COc1ccc(CN(C(=O)CN(c2cccc(Cl)c2)S(=O)(=O)c2ccccc2)[C@@H](C)C(=O)NCC(C)C)cc1. The van der Waals surface area contributed by atoms with E-state index >= 15 is 0 Å². The molecular formula is C29H34ClN3O5S. The second-order valence-corrected chi connectivity index (χ2v) is 11.8. The van der Waals surface area contributed by atoms with Gasteiger partial charge in [0.2, 0.25) is 11.8 Å². The summed E-state index contributed by atoms with van der Waals surface area (Å²) in [6.07, 6.45) is 0. The monoisotopic (exact) mass is 571 g/mol. The first kappa shape index (κ1) is 30.0. The zero-order valence-corrected chi connectivity index (χ0v) is 24.1. The topological polar surface area (TPSA) is 96.0 Å². The highest BCUT2D eigenvalue weighted by molar-refractivity contribution is 7.92. The lowest BCUT2D eigenvalue weighted by molar-refractivity contribution is -0.139. The van der Waals surface area contributed by atoms with Gasteiger partial charge in [-0.3, -0.25) is 13.9 Å². The van der Waals surface area contributed by atoms with Gasteiger partial charge in [0.1, 0.15) is 18.3 Å². The summed E-state index contributed by atoms with van der Waals surface area (Å²) in [7, 11) is -2.58. The molecule has 208 valence electrons. The molecule has 1 N–H and O–H groups in total. The number of nitrogens with zero attached hydrogens (tertiary/aromatic N) is 2. The number of sulfonamides is 1. The van der Waals surface area contributed by atoms with Crippen molar-refractivity contribution in [2.75, 3.05) is 24.5 Å². The maximum atomic E-state index is 13.9. The van der Waals surface area contributed by atoms with Gasteiger partial charge >= 0.3 is 0 Å². The van der Waals surface area contributed by atoms with Crippen LogP contribution in [0.4, 0.5) is 5.69 Å². The highest BCUT2D eigenvalue weighted by atomic mass is 35.5. The second kappa shape index (κ2) is 13.5. The molecule has 3 aromatic carbocycles. The smallest absolute Gasteiger partial charge is 0.264 e. The highest BCUT2D eigenvalue weighted by Gasteiger charge is 2.32. The minimum atomic E-state index is -4.14. The van der Waals surface area contributed by atoms with E-state index in [2.05, 4.69) is 5.32 Å². The molecule has 0 aliphatic carbocycles. The molecule has 0 radical (unpaired) electrons. The van der Waals surface area contributed by atoms with Crippen LogP contribution in [0.15, 0.2) is 83.8 Å². The summed E-state index contributed by atoms with van der Waals surface area (Å²) in [4.78, 5) is 28.3. The second-order valence-electron chi connectivity index (χ2n) is 9.49. The predicted molar refractivity (Wildman–Crippen MR) is 153 cm³/mol. The number of hydrogen-bond donors (Lipinski definition) is 1. The molecule has 0 saturated carbocycles. The number of methoxy groups -OCH3 is 1. The molecule has 0 bridgehead atoms. The van der Waals surface area contributed by atoms with Gasteiger partial charge in [-0.25, -0.2) is 8.42 Å². The highest BCUT2D eigenvalue weighted by Crippen LogP contribution is 2.27. The molecule has 39 heavy (non-hydrogen) atoms. The van der Waals surface area contributed by atoms with E-state index in [9.17, 15) is 18.0 Å². The molecule has 0 saturated heterocycles. The summed E-state index contributed by atoms with van der Waals surface area (Å²) in [6, 6.07) is 20.4. The van der Waals surface area contributed by atoms with Crippen LogP contribution in [0, 0.1) is 5.92 Å². The summed E-state index contributed by atoms with van der Waals surface area (Å²) in [6.45, 7) is 5.59. The van der Waals surface area contributed by atoms with Crippen LogP contribution in [0.25, 0.3) is 0 Å². The minimum absolute atomic E-state index is 0.0298. The van der Waals surface area contributed by atoms with Gasteiger partial charge < -0.3 is 15.0 Å². The molecule has 0 fully saturated rings. The average molecular weight is 572 g/mol. The van der Waals surface area contributed by atoms with Crippen LogP contribution in [0.3, 0.4) is 0 Å². The first-order valence-corrected chi connectivity index (χ1v) is 14.4. The number of amides is 2. The van der Waals surface area contributed by atoms with Crippen molar-refractivity contribution in [3.05, 3.63) is 89.4 Å². The van der Waals surface area contributed by atoms with Crippen molar-refractivity contribution in [2.24, 2.45) is 5.92 Å². The van der Waals surface area contributed by atoms with E-state index in [0.717, 1.165) is 9.87 Å². The first-order valence-electron chi connectivity index (χ1n) is 12.6. The Morgan fingerprint density at radius 2 is 1.62 bits per heavy atom. The molecular weight excluding hydrogens is 538 g/mol. The molecule has 2 amide bonds. The molecule has 10 heteroatoms. The number of hydrogen-bond acceptors (Lipinski definition) is 5. The maximum absolute atomic E-state index is 13.9. The fraction of sp³-hybridized carbons (Fsp3) is 0.310. The summed E-state index contributed by atoms with van der Waals surface area (Å²) in [5.74, 6) is 0.00458. The number of rotatable bonds is 12. The number of anilines is 1. The largest absolute Gasteiger partial charge is 0.497 e. The zero-order valence-electron chi connectivity index (χ0n) is 22.5. The number of nitrogens with one attached hydrogen (secondary N) is 1. The first-order chi connectivity index (χ1) is 18.5.